The summed E-state index contributed by atoms with van der Waals surface area (Å²) in [6.07, 6.45) is 1.26. The van der Waals surface area contributed by atoms with Gasteiger partial charge in [0.2, 0.25) is 5.91 Å². The average Bonchev–Trinajstić information content (AvgIpc) is 2.79. The molecule has 1 aromatic heterocycles. The summed E-state index contributed by atoms with van der Waals surface area (Å²) in [7, 11) is 0. The lowest BCUT2D eigenvalue weighted by Gasteiger charge is -2.29. The predicted octanol–water partition coefficient (Wildman–Crippen LogP) is 2.81. The van der Waals surface area contributed by atoms with E-state index < -0.39 is 0 Å². The molecule has 2 aromatic rings. The molecule has 0 atom stereocenters. The molecule has 0 saturated carbocycles. The van der Waals surface area contributed by atoms with Gasteiger partial charge in [-0.2, -0.15) is 5.10 Å². The van der Waals surface area contributed by atoms with Crippen LogP contribution in [-0.2, 0) is 24.2 Å². The predicted molar refractivity (Wildman–Crippen MR) is 82.3 cm³/mol. The fourth-order valence-electron chi connectivity index (χ4n) is 2.85. The zero-order chi connectivity index (χ0) is 15.0. The molecule has 4 nitrogen and oxygen atoms in total. The molecule has 0 saturated heterocycles. The molecule has 0 fully saturated rings. The van der Waals surface area contributed by atoms with Crippen molar-refractivity contribution in [3.63, 3.8) is 0 Å². The van der Waals surface area contributed by atoms with E-state index in [0.29, 0.717) is 13.0 Å². The molecule has 0 radical (unpaired) electrons. The third-order valence-corrected chi connectivity index (χ3v) is 4.53. The number of aromatic amines is 1. The first-order chi connectivity index (χ1) is 10.1. The highest BCUT2D eigenvalue weighted by molar-refractivity contribution is 6.31. The zero-order valence-corrected chi connectivity index (χ0v) is 13.0. The number of halogens is 1. The molecule has 1 aliphatic heterocycles. The summed E-state index contributed by atoms with van der Waals surface area (Å²) in [6, 6.07) is 5.95. The minimum atomic E-state index is 0.133. The number of carbonyl (C=O) groups excluding carboxylic acids is 1. The molecule has 0 unspecified atom stereocenters. The maximum absolute atomic E-state index is 12.5. The molecule has 110 valence electrons. The molecule has 0 bridgehead atoms. The molecule has 3 rings (SSSR count). The standard InChI is InChI=1S/C16H18ClN3O/c1-10-13(11(2)19-18-10)8-16(21)20-7-6-12-4-3-5-15(17)14(12)9-20/h3-5H,6-9H2,1-2H3,(H,18,19). The Labute approximate surface area is 129 Å². The lowest BCUT2D eigenvalue weighted by molar-refractivity contribution is -0.131. The Hall–Kier alpha value is -1.81. The van der Waals surface area contributed by atoms with Crippen molar-refractivity contribution in [3.05, 3.63) is 51.3 Å². The van der Waals surface area contributed by atoms with E-state index in [4.69, 9.17) is 11.6 Å². The number of carbonyl (C=O) groups is 1. The summed E-state index contributed by atoms with van der Waals surface area (Å²) in [4.78, 5) is 14.4. The van der Waals surface area contributed by atoms with Crippen LogP contribution in [-0.4, -0.2) is 27.5 Å². The smallest absolute Gasteiger partial charge is 0.227 e. The van der Waals surface area contributed by atoms with Crippen LogP contribution in [0.3, 0.4) is 0 Å². The second-order valence-corrected chi connectivity index (χ2v) is 5.94. The van der Waals surface area contributed by atoms with Crippen LogP contribution in [0.15, 0.2) is 18.2 Å². The fraction of sp³-hybridized carbons (Fsp3) is 0.375. The number of aryl methyl sites for hydroxylation is 2. The van der Waals surface area contributed by atoms with Crippen LogP contribution in [0, 0.1) is 13.8 Å². The van der Waals surface area contributed by atoms with Gasteiger partial charge in [-0.25, -0.2) is 0 Å². The maximum atomic E-state index is 12.5. The van der Waals surface area contributed by atoms with Gasteiger partial charge in [-0.15, -0.1) is 0 Å². The largest absolute Gasteiger partial charge is 0.338 e. The van der Waals surface area contributed by atoms with Gasteiger partial charge in [0.25, 0.3) is 0 Å². The number of benzene rings is 1. The monoisotopic (exact) mass is 303 g/mol. The number of amides is 1. The number of rotatable bonds is 2. The van der Waals surface area contributed by atoms with Crippen LogP contribution in [0.2, 0.25) is 5.02 Å². The van der Waals surface area contributed by atoms with Gasteiger partial charge in [-0.1, -0.05) is 23.7 Å². The molecule has 21 heavy (non-hydrogen) atoms. The van der Waals surface area contributed by atoms with Gasteiger partial charge in [0.15, 0.2) is 0 Å². The first-order valence-corrected chi connectivity index (χ1v) is 7.48. The molecule has 1 N–H and O–H groups in total. The van der Waals surface area contributed by atoms with Crippen molar-refractivity contribution in [2.45, 2.75) is 33.2 Å². The maximum Gasteiger partial charge on any atom is 0.227 e. The van der Waals surface area contributed by atoms with Crippen LogP contribution < -0.4 is 0 Å². The molecular weight excluding hydrogens is 286 g/mol. The Balaban J connectivity index is 1.77. The molecule has 1 aliphatic rings. The highest BCUT2D eigenvalue weighted by Gasteiger charge is 2.23. The summed E-state index contributed by atoms with van der Waals surface area (Å²) in [5, 5.41) is 7.83. The molecule has 0 spiro atoms. The van der Waals surface area contributed by atoms with Gasteiger partial charge in [0.1, 0.15) is 0 Å². The first kappa shape index (κ1) is 14.1. The second kappa shape index (κ2) is 5.53. The molecule has 1 aromatic carbocycles. The van der Waals surface area contributed by atoms with Gasteiger partial charge in [-0.05, 0) is 37.5 Å². The first-order valence-electron chi connectivity index (χ1n) is 7.10. The fourth-order valence-corrected chi connectivity index (χ4v) is 3.10. The minimum absolute atomic E-state index is 0.133. The molecule has 0 aliphatic carbocycles. The van der Waals surface area contributed by atoms with Crippen LogP contribution in [0.5, 0.6) is 0 Å². The van der Waals surface area contributed by atoms with Crippen molar-refractivity contribution in [2.24, 2.45) is 0 Å². The van der Waals surface area contributed by atoms with Crippen molar-refractivity contribution in [3.8, 4) is 0 Å². The second-order valence-electron chi connectivity index (χ2n) is 5.53. The van der Waals surface area contributed by atoms with Crippen LogP contribution in [0.1, 0.15) is 28.1 Å². The van der Waals surface area contributed by atoms with Crippen molar-refractivity contribution >= 4 is 17.5 Å². The number of hydrogen-bond acceptors (Lipinski definition) is 2. The highest BCUT2D eigenvalue weighted by atomic mass is 35.5. The van der Waals surface area contributed by atoms with E-state index in [9.17, 15) is 4.79 Å². The van der Waals surface area contributed by atoms with Crippen LogP contribution in [0.25, 0.3) is 0 Å². The molecule has 1 amide bonds. The van der Waals surface area contributed by atoms with Crippen LogP contribution >= 0.6 is 11.6 Å². The number of H-pyrrole nitrogens is 1. The Kier molecular flexibility index (Phi) is 3.72. The van der Waals surface area contributed by atoms with E-state index in [1.54, 1.807) is 0 Å². The van der Waals surface area contributed by atoms with Gasteiger partial charge in [-0.3, -0.25) is 9.89 Å². The lowest BCUT2D eigenvalue weighted by Crippen LogP contribution is -2.37. The van der Waals surface area contributed by atoms with E-state index in [0.717, 1.165) is 40.5 Å². The van der Waals surface area contributed by atoms with E-state index in [2.05, 4.69) is 16.3 Å². The third-order valence-electron chi connectivity index (χ3n) is 4.18. The average molecular weight is 304 g/mol. The van der Waals surface area contributed by atoms with Gasteiger partial charge < -0.3 is 4.90 Å². The Bertz CT molecular complexity index is 673. The highest BCUT2D eigenvalue weighted by Crippen LogP contribution is 2.26. The number of nitrogens with zero attached hydrogens (tertiary/aromatic N) is 2. The summed E-state index contributed by atoms with van der Waals surface area (Å²) >= 11 is 6.25. The molecular formula is C16H18ClN3O. The van der Waals surface area contributed by atoms with E-state index in [1.807, 2.05) is 30.9 Å². The molecule has 2 heterocycles. The Morgan fingerprint density at radius 1 is 1.43 bits per heavy atom. The summed E-state index contributed by atoms with van der Waals surface area (Å²) in [5.41, 5.74) is 5.21. The summed E-state index contributed by atoms with van der Waals surface area (Å²) in [6.45, 7) is 5.23. The normalized spacial score (nSPS) is 14.1. The van der Waals surface area contributed by atoms with E-state index in [-0.39, 0.29) is 5.91 Å². The van der Waals surface area contributed by atoms with Crippen molar-refractivity contribution in [1.82, 2.24) is 15.1 Å². The van der Waals surface area contributed by atoms with Crippen molar-refractivity contribution < 1.29 is 4.79 Å². The number of fused-ring (bicyclic) bond motifs is 1. The Morgan fingerprint density at radius 2 is 2.24 bits per heavy atom. The van der Waals surface area contributed by atoms with Crippen molar-refractivity contribution in [1.29, 1.82) is 0 Å². The van der Waals surface area contributed by atoms with E-state index in [1.165, 1.54) is 5.56 Å². The quantitative estimate of drug-likeness (QED) is 0.927. The van der Waals surface area contributed by atoms with Gasteiger partial charge in [0.05, 0.1) is 12.1 Å². The Morgan fingerprint density at radius 3 is 2.95 bits per heavy atom. The van der Waals surface area contributed by atoms with Gasteiger partial charge in [0, 0.05) is 29.4 Å². The van der Waals surface area contributed by atoms with E-state index >= 15 is 0 Å². The SMILES string of the molecule is Cc1n[nH]c(C)c1CC(=O)N1CCc2cccc(Cl)c2C1. The minimum Gasteiger partial charge on any atom is -0.338 e. The van der Waals surface area contributed by atoms with Gasteiger partial charge >= 0.3 is 0 Å². The topological polar surface area (TPSA) is 49.0 Å². The molecule has 5 heteroatoms. The van der Waals surface area contributed by atoms with Crippen molar-refractivity contribution in [2.75, 3.05) is 6.54 Å². The number of hydrogen-bond donors (Lipinski definition) is 1. The third kappa shape index (κ3) is 2.68. The summed E-state index contributed by atoms with van der Waals surface area (Å²) in [5.74, 6) is 0.133. The zero-order valence-electron chi connectivity index (χ0n) is 12.2. The lowest BCUT2D eigenvalue weighted by atomic mass is 9.99. The summed E-state index contributed by atoms with van der Waals surface area (Å²) < 4.78 is 0. The van der Waals surface area contributed by atoms with Crippen LogP contribution in [0.4, 0.5) is 0 Å². The number of nitrogens with one attached hydrogen (secondary N) is 1. The number of aromatic nitrogens is 2.